The Labute approximate surface area is 130 Å². The molecule has 0 aliphatic rings. The second-order valence-corrected chi connectivity index (χ2v) is 4.88. The molecule has 22 heavy (non-hydrogen) atoms. The molecule has 1 atom stereocenters. The summed E-state index contributed by atoms with van der Waals surface area (Å²) in [4.78, 5) is 22.4. The van der Waals surface area contributed by atoms with Crippen LogP contribution in [0.15, 0.2) is 30.6 Å². The molecule has 1 aromatic carbocycles. The zero-order valence-electron chi connectivity index (χ0n) is 11.8. The number of hydrogen-bond donors (Lipinski definition) is 1. The Hall–Kier alpha value is -2.61. The monoisotopic (exact) mass is 324 g/mol. The minimum Gasteiger partial charge on any atom is -0.494 e. The normalized spacial score (nSPS) is 11.8. The predicted octanol–water partition coefficient (Wildman–Crippen LogP) is 2.65. The molecule has 0 spiro atoms. The number of nitrogens with zero attached hydrogens (tertiary/aromatic N) is 3. The number of halogens is 1. The summed E-state index contributed by atoms with van der Waals surface area (Å²) in [5, 5.41) is 17.8. The molecule has 0 saturated heterocycles. The first kappa shape index (κ1) is 15.8. The molecule has 1 heterocycles. The molecular formula is C13H13ClN4O4. The SMILES string of the molecule is COc1cc([N+](=O)[O-])ccc1NC(=O)C(C)n1cc(Cl)cn1. The summed E-state index contributed by atoms with van der Waals surface area (Å²) in [5.41, 5.74) is 0.213. The number of ether oxygens (including phenoxy) is 1. The number of amides is 1. The summed E-state index contributed by atoms with van der Waals surface area (Å²) in [6.45, 7) is 1.65. The molecular weight excluding hydrogens is 312 g/mol. The summed E-state index contributed by atoms with van der Waals surface area (Å²) in [6, 6.07) is 3.34. The van der Waals surface area contributed by atoms with E-state index in [1.165, 1.54) is 42.4 Å². The molecule has 9 heteroatoms. The van der Waals surface area contributed by atoms with Crippen molar-refractivity contribution in [3.05, 3.63) is 45.7 Å². The van der Waals surface area contributed by atoms with Gasteiger partial charge in [0.25, 0.3) is 5.69 Å². The Morgan fingerprint density at radius 2 is 2.27 bits per heavy atom. The summed E-state index contributed by atoms with van der Waals surface area (Å²) in [5.74, 6) is -0.153. The van der Waals surface area contributed by atoms with Gasteiger partial charge in [0.2, 0.25) is 5.91 Å². The third-order valence-corrected chi connectivity index (χ3v) is 3.20. The molecule has 0 aliphatic heterocycles. The summed E-state index contributed by atoms with van der Waals surface area (Å²) in [7, 11) is 1.37. The number of anilines is 1. The molecule has 0 saturated carbocycles. The number of non-ortho nitro benzene ring substituents is 1. The zero-order chi connectivity index (χ0) is 16.3. The molecule has 0 bridgehead atoms. The van der Waals surface area contributed by atoms with Crippen molar-refractivity contribution in [1.82, 2.24) is 9.78 Å². The van der Waals surface area contributed by atoms with Crippen LogP contribution in [0.4, 0.5) is 11.4 Å². The fraction of sp³-hybridized carbons (Fsp3) is 0.231. The number of hydrogen-bond acceptors (Lipinski definition) is 5. The molecule has 2 rings (SSSR count). The third-order valence-electron chi connectivity index (χ3n) is 3.00. The maximum absolute atomic E-state index is 12.2. The molecule has 116 valence electrons. The first-order valence-corrected chi connectivity index (χ1v) is 6.63. The number of nitrogens with one attached hydrogen (secondary N) is 1. The molecule has 1 unspecified atom stereocenters. The van der Waals surface area contributed by atoms with Crippen LogP contribution < -0.4 is 10.1 Å². The number of carbonyl (C=O) groups is 1. The standard InChI is InChI=1S/C13H13ClN4O4/c1-8(17-7-9(14)6-15-17)13(19)16-11-4-3-10(18(20)21)5-12(11)22-2/h3-8H,1-2H3,(H,16,19). The van der Waals surface area contributed by atoms with E-state index in [9.17, 15) is 14.9 Å². The third kappa shape index (κ3) is 3.34. The van der Waals surface area contributed by atoms with Gasteiger partial charge in [-0.15, -0.1) is 0 Å². The van der Waals surface area contributed by atoms with Crippen molar-refractivity contribution in [2.45, 2.75) is 13.0 Å². The van der Waals surface area contributed by atoms with Gasteiger partial charge >= 0.3 is 0 Å². The smallest absolute Gasteiger partial charge is 0.273 e. The highest BCUT2D eigenvalue weighted by Gasteiger charge is 2.19. The van der Waals surface area contributed by atoms with Gasteiger partial charge in [0, 0.05) is 12.3 Å². The zero-order valence-corrected chi connectivity index (χ0v) is 12.6. The number of nitro groups is 1. The minimum atomic E-state index is -0.604. The van der Waals surface area contributed by atoms with Gasteiger partial charge in [-0.25, -0.2) is 0 Å². The quantitative estimate of drug-likeness (QED) is 0.673. The lowest BCUT2D eigenvalue weighted by Crippen LogP contribution is -2.24. The Morgan fingerprint density at radius 1 is 1.55 bits per heavy atom. The molecule has 0 radical (unpaired) electrons. The van der Waals surface area contributed by atoms with Crippen LogP contribution in [-0.2, 0) is 4.79 Å². The molecule has 8 nitrogen and oxygen atoms in total. The van der Waals surface area contributed by atoms with Gasteiger partial charge in [0.15, 0.2) is 0 Å². The maximum atomic E-state index is 12.2. The summed E-state index contributed by atoms with van der Waals surface area (Å²) < 4.78 is 6.48. The van der Waals surface area contributed by atoms with Gasteiger partial charge < -0.3 is 10.1 Å². The number of rotatable bonds is 5. The molecule has 1 aromatic heterocycles. The lowest BCUT2D eigenvalue weighted by molar-refractivity contribution is -0.384. The van der Waals surface area contributed by atoms with Crippen LogP contribution >= 0.6 is 11.6 Å². The van der Waals surface area contributed by atoms with Gasteiger partial charge in [0.05, 0.1) is 35.0 Å². The molecule has 1 amide bonds. The van der Waals surface area contributed by atoms with Crippen LogP contribution in [-0.4, -0.2) is 27.7 Å². The second kappa shape index (κ2) is 6.44. The van der Waals surface area contributed by atoms with Gasteiger partial charge in [-0.3, -0.25) is 19.6 Å². The van der Waals surface area contributed by atoms with E-state index in [4.69, 9.17) is 16.3 Å². The van der Waals surface area contributed by atoms with Crippen molar-refractivity contribution in [3.63, 3.8) is 0 Å². The number of carbonyl (C=O) groups excluding carboxylic acids is 1. The van der Waals surface area contributed by atoms with Gasteiger partial charge in [-0.2, -0.15) is 5.10 Å². The number of benzene rings is 1. The van der Waals surface area contributed by atoms with E-state index in [0.717, 1.165) is 0 Å². The molecule has 1 N–H and O–H groups in total. The first-order valence-electron chi connectivity index (χ1n) is 6.25. The average molecular weight is 325 g/mol. The van der Waals surface area contributed by atoms with Crippen LogP contribution in [0.25, 0.3) is 0 Å². The predicted molar refractivity (Wildman–Crippen MR) is 80.2 cm³/mol. The van der Waals surface area contributed by atoms with Gasteiger partial charge in [-0.1, -0.05) is 11.6 Å². The fourth-order valence-electron chi connectivity index (χ4n) is 1.78. The van der Waals surface area contributed by atoms with Gasteiger partial charge in [0.1, 0.15) is 11.8 Å². The van der Waals surface area contributed by atoms with Crippen LogP contribution in [0.2, 0.25) is 5.02 Å². The Bertz CT molecular complexity index is 716. The topological polar surface area (TPSA) is 99.3 Å². The number of nitro benzene ring substituents is 1. The summed E-state index contributed by atoms with van der Waals surface area (Å²) >= 11 is 5.77. The maximum Gasteiger partial charge on any atom is 0.273 e. The van der Waals surface area contributed by atoms with E-state index in [1.807, 2.05) is 0 Å². The van der Waals surface area contributed by atoms with E-state index < -0.39 is 11.0 Å². The highest BCUT2D eigenvalue weighted by atomic mass is 35.5. The summed E-state index contributed by atoms with van der Waals surface area (Å²) in [6.07, 6.45) is 2.96. The van der Waals surface area contributed by atoms with Crippen LogP contribution in [0.1, 0.15) is 13.0 Å². The van der Waals surface area contributed by atoms with E-state index in [2.05, 4.69) is 10.4 Å². The molecule has 0 aliphatic carbocycles. The lowest BCUT2D eigenvalue weighted by atomic mass is 10.2. The fourth-order valence-corrected chi connectivity index (χ4v) is 1.92. The van der Waals surface area contributed by atoms with Crippen molar-refractivity contribution in [3.8, 4) is 5.75 Å². The van der Waals surface area contributed by atoms with Crippen molar-refractivity contribution in [2.24, 2.45) is 0 Å². The lowest BCUT2D eigenvalue weighted by Gasteiger charge is -2.14. The van der Waals surface area contributed by atoms with Crippen molar-refractivity contribution < 1.29 is 14.5 Å². The van der Waals surface area contributed by atoms with E-state index >= 15 is 0 Å². The van der Waals surface area contributed by atoms with E-state index in [1.54, 1.807) is 6.92 Å². The Morgan fingerprint density at radius 3 is 2.82 bits per heavy atom. The van der Waals surface area contributed by atoms with Crippen LogP contribution in [0.5, 0.6) is 5.75 Å². The van der Waals surface area contributed by atoms with Gasteiger partial charge in [-0.05, 0) is 13.0 Å². The highest BCUT2D eigenvalue weighted by Crippen LogP contribution is 2.29. The van der Waals surface area contributed by atoms with E-state index in [0.29, 0.717) is 10.7 Å². The van der Waals surface area contributed by atoms with Crippen molar-refractivity contribution in [2.75, 3.05) is 12.4 Å². The largest absolute Gasteiger partial charge is 0.494 e. The minimum absolute atomic E-state index is 0.123. The Balaban J connectivity index is 2.19. The Kier molecular flexibility index (Phi) is 4.62. The highest BCUT2D eigenvalue weighted by molar-refractivity contribution is 6.30. The van der Waals surface area contributed by atoms with Crippen LogP contribution in [0, 0.1) is 10.1 Å². The number of aromatic nitrogens is 2. The average Bonchev–Trinajstić information content (AvgIpc) is 2.93. The molecule has 2 aromatic rings. The first-order chi connectivity index (χ1) is 10.4. The van der Waals surface area contributed by atoms with Crippen LogP contribution in [0.3, 0.4) is 0 Å². The molecule has 0 fully saturated rings. The van der Waals surface area contributed by atoms with Crippen molar-refractivity contribution >= 4 is 28.9 Å². The van der Waals surface area contributed by atoms with Crippen molar-refractivity contribution in [1.29, 1.82) is 0 Å². The number of methoxy groups -OCH3 is 1. The van der Waals surface area contributed by atoms with E-state index in [-0.39, 0.29) is 17.3 Å². The second-order valence-electron chi connectivity index (χ2n) is 4.45.